The van der Waals surface area contributed by atoms with Gasteiger partial charge in [-0.25, -0.2) is 14.4 Å². The molecule has 2 atom stereocenters. The molecule has 2 amide bonds. The number of carbonyl (C=O) groups excluding carboxylic acids is 2. The minimum atomic E-state index is -2.33. The van der Waals surface area contributed by atoms with Crippen molar-refractivity contribution in [1.82, 2.24) is 15.3 Å². The van der Waals surface area contributed by atoms with Gasteiger partial charge in [-0.05, 0) is 38.8 Å². The zero-order valence-corrected chi connectivity index (χ0v) is 17.6. The second-order valence-corrected chi connectivity index (χ2v) is 7.75. The number of alkyl halides is 2. The van der Waals surface area contributed by atoms with E-state index in [0.29, 0.717) is 37.3 Å². The summed E-state index contributed by atoms with van der Waals surface area (Å²) in [5, 5.41) is 2.98. The topological polar surface area (TPSA) is 84.4 Å². The number of anilines is 1. The van der Waals surface area contributed by atoms with E-state index in [1.54, 1.807) is 24.3 Å². The van der Waals surface area contributed by atoms with Crippen LogP contribution in [0.1, 0.15) is 30.9 Å². The van der Waals surface area contributed by atoms with Crippen molar-refractivity contribution in [1.29, 1.82) is 0 Å². The van der Waals surface area contributed by atoms with Crippen LogP contribution in [0.15, 0.2) is 43.0 Å². The van der Waals surface area contributed by atoms with Crippen molar-refractivity contribution in [2.45, 2.75) is 43.9 Å². The Morgan fingerprint density at radius 1 is 1.23 bits per heavy atom. The average Bonchev–Trinajstić information content (AvgIpc) is 2.76. The van der Waals surface area contributed by atoms with E-state index >= 15 is 0 Å². The van der Waals surface area contributed by atoms with Crippen LogP contribution in [0.3, 0.4) is 0 Å². The molecule has 0 saturated carbocycles. The Morgan fingerprint density at radius 3 is 2.40 bits per heavy atom. The lowest BCUT2D eigenvalue weighted by atomic mass is 9.89. The summed E-state index contributed by atoms with van der Waals surface area (Å²) in [5.74, 6) is -1.52. The molecule has 160 valence electrons. The second kappa shape index (κ2) is 9.49. The first-order valence-electron chi connectivity index (χ1n) is 9.67. The summed E-state index contributed by atoms with van der Waals surface area (Å²) in [6, 6.07) is 6.72. The SMILES string of the molecule is Cc1ccc(N(C(=O)[C@H](F)Cl)[C@](C)(C(=O)NC2CCOCC2)c2cncnc2)cc1. The summed E-state index contributed by atoms with van der Waals surface area (Å²) < 4.78 is 19.4. The van der Waals surface area contributed by atoms with Gasteiger partial charge < -0.3 is 10.1 Å². The van der Waals surface area contributed by atoms with Gasteiger partial charge in [0.1, 0.15) is 6.33 Å². The predicted molar refractivity (Wildman–Crippen MR) is 111 cm³/mol. The van der Waals surface area contributed by atoms with Gasteiger partial charge in [-0.2, -0.15) is 0 Å². The van der Waals surface area contributed by atoms with Crippen LogP contribution in [0.5, 0.6) is 0 Å². The van der Waals surface area contributed by atoms with Crippen LogP contribution in [0.2, 0.25) is 0 Å². The van der Waals surface area contributed by atoms with Gasteiger partial charge in [0.05, 0.1) is 0 Å². The Morgan fingerprint density at radius 2 is 1.83 bits per heavy atom. The normalized spacial score (nSPS) is 17.6. The van der Waals surface area contributed by atoms with Crippen LogP contribution < -0.4 is 10.2 Å². The summed E-state index contributed by atoms with van der Waals surface area (Å²) in [6.07, 6.45) is 5.48. The lowest BCUT2D eigenvalue weighted by Crippen LogP contribution is -2.60. The van der Waals surface area contributed by atoms with E-state index in [9.17, 15) is 14.0 Å². The molecule has 1 fully saturated rings. The lowest BCUT2D eigenvalue weighted by molar-refractivity contribution is -0.132. The van der Waals surface area contributed by atoms with Crippen molar-refractivity contribution in [3.63, 3.8) is 0 Å². The molecular weight excluding hydrogens is 411 g/mol. The number of hydrogen-bond acceptors (Lipinski definition) is 5. The minimum Gasteiger partial charge on any atom is -0.381 e. The Bertz CT molecular complexity index is 876. The maximum Gasteiger partial charge on any atom is 0.278 e. The fourth-order valence-electron chi connectivity index (χ4n) is 3.48. The van der Waals surface area contributed by atoms with Crippen LogP contribution in [0.25, 0.3) is 0 Å². The summed E-state index contributed by atoms with van der Waals surface area (Å²) in [6.45, 7) is 4.49. The quantitative estimate of drug-likeness (QED) is 0.707. The van der Waals surface area contributed by atoms with E-state index in [-0.39, 0.29) is 6.04 Å². The molecule has 30 heavy (non-hydrogen) atoms. The molecule has 2 heterocycles. The van der Waals surface area contributed by atoms with Crippen molar-refractivity contribution in [2.75, 3.05) is 18.1 Å². The van der Waals surface area contributed by atoms with E-state index in [0.717, 1.165) is 10.5 Å². The number of amides is 2. The summed E-state index contributed by atoms with van der Waals surface area (Å²) >= 11 is 5.56. The second-order valence-electron chi connectivity index (χ2n) is 7.37. The molecule has 7 nitrogen and oxygen atoms in total. The molecule has 2 aromatic rings. The molecule has 1 aromatic carbocycles. The number of nitrogens with one attached hydrogen (secondary N) is 1. The minimum absolute atomic E-state index is 0.123. The molecule has 0 radical (unpaired) electrons. The van der Waals surface area contributed by atoms with Crippen molar-refractivity contribution >= 4 is 29.1 Å². The molecule has 0 unspecified atom stereocenters. The van der Waals surface area contributed by atoms with Gasteiger partial charge in [-0.1, -0.05) is 29.3 Å². The molecule has 0 bridgehead atoms. The van der Waals surface area contributed by atoms with Crippen LogP contribution >= 0.6 is 11.6 Å². The third-order valence-corrected chi connectivity index (χ3v) is 5.45. The molecule has 0 spiro atoms. The number of halogens is 2. The van der Waals surface area contributed by atoms with E-state index < -0.39 is 23.0 Å². The van der Waals surface area contributed by atoms with Crippen molar-refractivity contribution in [3.05, 3.63) is 54.1 Å². The number of ether oxygens (including phenoxy) is 1. The highest BCUT2D eigenvalue weighted by atomic mass is 35.5. The molecule has 1 saturated heterocycles. The van der Waals surface area contributed by atoms with Gasteiger partial charge in [-0.15, -0.1) is 0 Å². The van der Waals surface area contributed by atoms with Crippen LogP contribution in [-0.4, -0.2) is 46.7 Å². The number of benzene rings is 1. The Kier molecular flexibility index (Phi) is 6.99. The Labute approximate surface area is 179 Å². The number of aryl methyl sites for hydroxylation is 1. The zero-order valence-electron chi connectivity index (χ0n) is 16.8. The summed E-state index contributed by atoms with van der Waals surface area (Å²) in [7, 11) is 0. The molecule has 1 aliphatic heterocycles. The average molecular weight is 435 g/mol. The fraction of sp³-hybridized carbons (Fsp3) is 0.429. The Balaban J connectivity index is 2.10. The highest BCUT2D eigenvalue weighted by molar-refractivity contribution is 6.32. The largest absolute Gasteiger partial charge is 0.381 e. The molecular formula is C21H24ClFN4O3. The predicted octanol–water partition coefficient (Wildman–Crippen LogP) is 2.86. The first kappa shape index (κ1) is 22.1. The van der Waals surface area contributed by atoms with E-state index in [2.05, 4.69) is 15.3 Å². The van der Waals surface area contributed by atoms with Gasteiger partial charge in [0.2, 0.25) is 0 Å². The third kappa shape index (κ3) is 4.60. The molecule has 3 rings (SSSR count). The number of aromatic nitrogens is 2. The first-order chi connectivity index (χ1) is 14.3. The smallest absolute Gasteiger partial charge is 0.278 e. The summed E-state index contributed by atoms with van der Waals surface area (Å²) in [5.41, 5.74) is -2.34. The maximum atomic E-state index is 14.1. The zero-order chi connectivity index (χ0) is 21.7. The standard InChI is InChI=1S/C21H24ClFN4O3/c1-14-3-5-17(6-4-14)27(19(28)18(22)23)21(2,15-11-24-13-25-12-15)20(29)26-16-7-9-30-10-8-16/h3-6,11-13,16,18H,7-10H2,1-2H3,(H,26,29)/t18-,21-/m0/s1. The number of hydrogen-bond donors (Lipinski definition) is 1. The number of nitrogens with zero attached hydrogens (tertiary/aromatic N) is 3. The van der Waals surface area contributed by atoms with Crippen molar-refractivity contribution < 1.29 is 18.7 Å². The van der Waals surface area contributed by atoms with Gasteiger partial charge >= 0.3 is 0 Å². The molecule has 0 aliphatic carbocycles. The van der Waals surface area contributed by atoms with Gasteiger partial charge in [-0.3, -0.25) is 14.5 Å². The monoisotopic (exact) mass is 434 g/mol. The number of rotatable bonds is 6. The van der Waals surface area contributed by atoms with Gasteiger partial charge in [0, 0.05) is 42.9 Å². The highest BCUT2D eigenvalue weighted by Crippen LogP contribution is 2.35. The van der Waals surface area contributed by atoms with E-state index in [1.807, 2.05) is 6.92 Å². The van der Waals surface area contributed by atoms with Gasteiger partial charge in [0.15, 0.2) is 5.54 Å². The molecule has 1 aromatic heterocycles. The van der Waals surface area contributed by atoms with Crippen LogP contribution in [0.4, 0.5) is 10.1 Å². The highest BCUT2D eigenvalue weighted by Gasteiger charge is 2.47. The molecule has 9 heteroatoms. The van der Waals surface area contributed by atoms with Crippen molar-refractivity contribution in [2.24, 2.45) is 0 Å². The van der Waals surface area contributed by atoms with Crippen LogP contribution in [-0.2, 0) is 19.9 Å². The number of carbonyl (C=O) groups is 2. The van der Waals surface area contributed by atoms with Crippen molar-refractivity contribution in [3.8, 4) is 0 Å². The van der Waals surface area contributed by atoms with E-state index in [1.165, 1.54) is 25.6 Å². The van der Waals surface area contributed by atoms with Crippen LogP contribution in [0, 0.1) is 6.92 Å². The third-order valence-electron chi connectivity index (χ3n) is 5.27. The Hall–Kier alpha value is -2.58. The van der Waals surface area contributed by atoms with E-state index in [4.69, 9.17) is 16.3 Å². The maximum absolute atomic E-state index is 14.1. The summed E-state index contributed by atoms with van der Waals surface area (Å²) in [4.78, 5) is 35.6. The molecule has 1 aliphatic rings. The van der Waals surface area contributed by atoms with Gasteiger partial charge in [0.25, 0.3) is 17.4 Å². The molecule has 1 N–H and O–H groups in total. The first-order valence-corrected chi connectivity index (χ1v) is 10.1. The fourth-order valence-corrected chi connectivity index (χ4v) is 3.57. The lowest BCUT2D eigenvalue weighted by Gasteiger charge is -2.41.